The fraction of sp³-hybridized carbons (Fsp3) is 0.273. The van der Waals surface area contributed by atoms with Crippen LogP contribution >= 0.6 is 0 Å². The highest BCUT2D eigenvalue weighted by Crippen LogP contribution is 2.22. The van der Waals surface area contributed by atoms with Gasteiger partial charge in [-0.25, -0.2) is 8.42 Å². The minimum atomic E-state index is -3.71. The van der Waals surface area contributed by atoms with Gasteiger partial charge < -0.3 is 21.1 Å². The van der Waals surface area contributed by atoms with Gasteiger partial charge in [-0.3, -0.25) is 23.9 Å². The van der Waals surface area contributed by atoms with Gasteiger partial charge in [0.2, 0.25) is 10.0 Å². The predicted octanol–water partition coefficient (Wildman–Crippen LogP) is 2.86. The number of rotatable bonds is 14. The van der Waals surface area contributed by atoms with Crippen molar-refractivity contribution in [2.45, 2.75) is 38.1 Å². The van der Waals surface area contributed by atoms with E-state index in [9.17, 15) is 23.1 Å². The van der Waals surface area contributed by atoms with E-state index in [4.69, 9.17) is 0 Å². The van der Waals surface area contributed by atoms with Gasteiger partial charge in [-0.15, -0.1) is 0 Å². The third-order valence-corrected chi connectivity index (χ3v) is 8.51. The molecule has 0 fully saturated rings. The molecule has 0 unspecified atom stereocenters. The average molecular weight is 631 g/mol. The molecule has 1 aromatic heterocycles. The molecule has 2 amide bonds. The van der Waals surface area contributed by atoms with E-state index in [1.54, 1.807) is 18.6 Å². The number of nitrogens with one attached hydrogen (secondary N) is 3. The number of anilines is 1. The second-order valence-corrected chi connectivity index (χ2v) is 12.8. The van der Waals surface area contributed by atoms with E-state index in [-0.39, 0.29) is 29.4 Å². The lowest BCUT2D eigenvalue weighted by atomic mass is 10.00. The van der Waals surface area contributed by atoms with Gasteiger partial charge in [0, 0.05) is 49.9 Å². The van der Waals surface area contributed by atoms with Crippen LogP contribution in [0.4, 0.5) is 5.69 Å². The molecule has 4 N–H and O–H groups in total. The van der Waals surface area contributed by atoms with E-state index in [0.29, 0.717) is 18.7 Å². The first-order valence-corrected chi connectivity index (χ1v) is 16.3. The van der Waals surface area contributed by atoms with Crippen LogP contribution in [0.25, 0.3) is 0 Å². The lowest BCUT2D eigenvalue weighted by Crippen LogP contribution is -2.48. The molecule has 0 aliphatic rings. The fourth-order valence-electron chi connectivity index (χ4n) is 4.67. The first-order valence-electron chi connectivity index (χ1n) is 14.4. The number of aliphatic hydroxyl groups is 1. The zero-order valence-electron chi connectivity index (χ0n) is 25.4. The Labute approximate surface area is 263 Å². The van der Waals surface area contributed by atoms with Gasteiger partial charge in [-0.05, 0) is 42.7 Å². The molecule has 4 aromatic rings. The van der Waals surface area contributed by atoms with Crippen LogP contribution in [0.2, 0.25) is 0 Å². The zero-order chi connectivity index (χ0) is 32.4. The van der Waals surface area contributed by atoms with Gasteiger partial charge in [-0.2, -0.15) is 0 Å². The van der Waals surface area contributed by atoms with E-state index < -0.39 is 34.0 Å². The van der Waals surface area contributed by atoms with Gasteiger partial charge in [0.05, 0.1) is 35.8 Å². The standard InChI is InChI=1S/C33H38N6O5S/c1-23(25-12-8-5-9-13-25)37-32(41)26-17-27(19-29(18-26)39(2)45(3,43)44)33(42)38-30(16-24-10-6-4-7-11-24)31(40)22-35-21-28-20-34-14-15-36-28/h4-15,17-20,23,30-31,35,40H,16,21-22H2,1-3H3,(H,37,41)(H,38,42)/t23-,30+,31-/m1/s1. The third kappa shape index (κ3) is 9.67. The van der Waals surface area contributed by atoms with Crippen molar-refractivity contribution in [1.29, 1.82) is 0 Å². The molecule has 0 bridgehead atoms. The van der Waals surface area contributed by atoms with Gasteiger partial charge in [0.1, 0.15) is 0 Å². The lowest BCUT2D eigenvalue weighted by Gasteiger charge is -2.25. The molecule has 236 valence electrons. The number of benzene rings is 3. The molecule has 4 rings (SSSR count). The Bertz CT molecular complexity index is 1670. The van der Waals surface area contributed by atoms with E-state index in [2.05, 4.69) is 25.9 Å². The molecule has 0 saturated carbocycles. The molecule has 3 atom stereocenters. The van der Waals surface area contributed by atoms with Crippen LogP contribution in [0, 0.1) is 0 Å². The molecule has 0 aliphatic heterocycles. The van der Waals surface area contributed by atoms with Gasteiger partial charge in [-0.1, -0.05) is 60.7 Å². The summed E-state index contributed by atoms with van der Waals surface area (Å²) in [6, 6.07) is 22.0. The van der Waals surface area contributed by atoms with Crippen LogP contribution in [0.1, 0.15) is 50.5 Å². The van der Waals surface area contributed by atoms with Crippen molar-refractivity contribution < 1.29 is 23.1 Å². The van der Waals surface area contributed by atoms with Crippen molar-refractivity contribution in [3.05, 3.63) is 125 Å². The number of hydrogen-bond acceptors (Lipinski definition) is 8. The van der Waals surface area contributed by atoms with Crippen LogP contribution in [0.15, 0.2) is 97.5 Å². The van der Waals surface area contributed by atoms with E-state index >= 15 is 0 Å². The van der Waals surface area contributed by atoms with Crippen LogP contribution < -0.4 is 20.3 Å². The Morgan fingerprint density at radius 2 is 1.53 bits per heavy atom. The lowest BCUT2D eigenvalue weighted by molar-refractivity contribution is 0.0829. The van der Waals surface area contributed by atoms with E-state index in [1.807, 2.05) is 67.6 Å². The topological polar surface area (TPSA) is 154 Å². The summed E-state index contributed by atoms with van der Waals surface area (Å²) < 4.78 is 25.8. The molecular formula is C33H38N6O5S. The Balaban J connectivity index is 1.58. The molecule has 11 nitrogen and oxygen atoms in total. The predicted molar refractivity (Wildman–Crippen MR) is 173 cm³/mol. The molecule has 45 heavy (non-hydrogen) atoms. The number of carbonyl (C=O) groups is 2. The van der Waals surface area contributed by atoms with Crippen LogP contribution in [0.5, 0.6) is 0 Å². The monoisotopic (exact) mass is 630 g/mol. The number of nitrogens with zero attached hydrogens (tertiary/aromatic N) is 3. The molecule has 3 aromatic carbocycles. The normalized spacial score (nSPS) is 13.3. The van der Waals surface area contributed by atoms with Crippen molar-refractivity contribution in [3.63, 3.8) is 0 Å². The minimum Gasteiger partial charge on any atom is -0.390 e. The quantitative estimate of drug-likeness (QED) is 0.166. The van der Waals surface area contributed by atoms with Gasteiger partial charge in [0.25, 0.3) is 11.8 Å². The Morgan fingerprint density at radius 3 is 2.13 bits per heavy atom. The number of aliphatic hydroxyl groups excluding tert-OH is 1. The van der Waals surface area contributed by atoms with E-state index in [1.165, 1.54) is 25.2 Å². The maximum absolute atomic E-state index is 13.7. The summed E-state index contributed by atoms with van der Waals surface area (Å²) in [6.45, 7) is 2.36. The van der Waals surface area contributed by atoms with Gasteiger partial charge >= 0.3 is 0 Å². The molecule has 0 spiro atoms. The van der Waals surface area contributed by atoms with Crippen LogP contribution in [-0.4, -0.2) is 67.3 Å². The molecule has 0 radical (unpaired) electrons. The number of amides is 2. The Morgan fingerprint density at radius 1 is 0.911 bits per heavy atom. The van der Waals surface area contributed by atoms with E-state index in [0.717, 1.165) is 21.7 Å². The maximum atomic E-state index is 13.7. The van der Waals surface area contributed by atoms with Crippen molar-refractivity contribution in [2.24, 2.45) is 0 Å². The average Bonchev–Trinajstić information content (AvgIpc) is 3.04. The smallest absolute Gasteiger partial charge is 0.251 e. The largest absolute Gasteiger partial charge is 0.390 e. The number of aromatic nitrogens is 2. The third-order valence-electron chi connectivity index (χ3n) is 7.31. The summed E-state index contributed by atoms with van der Waals surface area (Å²) in [7, 11) is -2.35. The zero-order valence-corrected chi connectivity index (χ0v) is 26.2. The fourth-order valence-corrected chi connectivity index (χ4v) is 5.15. The summed E-state index contributed by atoms with van der Waals surface area (Å²) in [5, 5.41) is 20.2. The second-order valence-electron chi connectivity index (χ2n) is 10.8. The molecule has 1 heterocycles. The summed E-state index contributed by atoms with van der Waals surface area (Å²) in [5.41, 5.74) is 2.82. The minimum absolute atomic E-state index is 0.0679. The summed E-state index contributed by atoms with van der Waals surface area (Å²) >= 11 is 0. The summed E-state index contributed by atoms with van der Waals surface area (Å²) in [4.78, 5) is 35.4. The highest BCUT2D eigenvalue weighted by atomic mass is 32.2. The van der Waals surface area contributed by atoms with Gasteiger partial charge in [0.15, 0.2) is 0 Å². The SMILES string of the molecule is C[C@@H](NC(=O)c1cc(C(=O)N[C@@H](Cc2ccccc2)[C@H](O)CNCc2cnccn2)cc(N(C)S(C)(=O)=O)c1)c1ccccc1. The highest BCUT2D eigenvalue weighted by Gasteiger charge is 2.25. The van der Waals surface area contributed by atoms with Crippen LogP contribution in [-0.2, 0) is 23.0 Å². The van der Waals surface area contributed by atoms with Crippen molar-refractivity contribution in [3.8, 4) is 0 Å². The van der Waals surface area contributed by atoms with Crippen molar-refractivity contribution >= 4 is 27.5 Å². The maximum Gasteiger partial charge on any atom is 0.251 e. The highest BCUT2D eigenvalue weighted by molar-refractivity contribution is 7.92. The Hall–Kier alpha value is -4.65. The number of carbonyl (C=O) groups excluding carboxylic acids is 2. The second kappa shape index (κ2) is 15.4. The number of sulfonamides is 1. The Kier molecular flexibility index (Phi) is 11.4. The molecular weight excluding hydrogens is 592 g/mol. The van der Waals surface area contributed by atoms with Crippen LogP contribution in [0.3, 0.4) is 0 Å². The molecule has 12 heteroatoms. The first kappa shape index (κ1) is 33.2. The first-order chi connectivity index (χ1) is 21.5. The number of hydrogen-bond donors (Lipinski definition) is 4. The molecule has 0 aliphatic carbocycles. The van der Waals surface area contributed by atoms with Crippen molar-refractivity contribution in [1.82, 2.24) is 25.9 Å². The summed E-state index contributed by atoms with van der Waals surface area (Å²) in [5.74, 6) is -1.05. The molecule has 0 saturated heterocycles. The summed E-state index contributed by atoms with van der Waals surface area (Å²) in [6.07, 6.45) is 5.14. The van der Waals surface area contributed by atoms with Crippen molar-refractivity contribution in [2.75, 3.05) is 24.2 Å².